The molecular weight excluding hydrogens is 360 g/mol. The molecule has 7 nitrogen and oxygen atoms in total. The Morgan fingerprint density at radius 1 is 1.14 bits per heavy atom. The molecule has 150 valence electrons. The highest BCUT2D eigenvalue weighted by molar-refractivity contribution is 5.99. The number of para-hydroxylation sites is 1. The van der Waals surface area contributed by atoms with Gasteiger partial charge in [-0.25, -0.2) is 9.59 Å². The molecule has 0 radical (unpaired) electrons. The summed E-state index contributed by atoms with van der Waals surface area (Å²) in [6.45, 7) is 6.92. The monoisotopic (exact) mass is 386 g/mol. The van der Waals surface area contributed by atoms with Crippen LogP contribution >= 0.6 is 0 Å². The first-order chi connectivity index (χ1) is 13.2. The highest BCUT2D eigenvalue weighted by Crippen LogP contribution is 2.23. The zero-order valence-electron chi connectivity index (χ0n) is 16.9. The summed E-state index contributed by atoms with van der Waals surface area (Å²) in [5, 5.41) is 3.41. The summed E-state index contributed by atoms with van der Waals surface area (Å²) >= 11 is 0. The van der Waals surface area contributed by atoms with Crippen LogP contribution in [0, 0.1) is 19.8 Å². The Kier molecular flexibility index (Phi) is 7.09. The lowest BCUT2D eigenvalue weighted by atomic mass is 10.0. The van der Waals surface area contributed by atoms with Gasteiger partial charge >= 0.3 is 11.9 Å². The molecular formula is C21H26N2O5. The summed E-state index contributed by atoms with van der Waals surface area (Å²) in [6, 6.07) is 6.73. The predicted molar refractivity (Wildman–Crippen MR) is 105 cm³/mol. The SMILES string of the molecule is COC(=O)C(CC(C)C)NC(=O)COC(=O)c1c(C)nc2ccccc2c1C. The average Bonchev–Trinajstić information content (AvgIpc) is 2.64. The van der Waals surface area contributed by atoms with E-state index >= 15 is 0 Å². The van der Waals surface area contributed by atoms with Crippen LogP contribution in [0.2, 0.25) is 0 Å². The number of carbonyl (C=O) groups excluding carboxylic acids is 3. The number of rotatable bonds is 7. The van der Waals surface area contributed by atoms with E-state index in [0.29, 0.717) is 17.7 Å². The number of ether oxygens (including phenoxy) is 2. The summed E-state index contributed by atoms with van der Waals surface area (Å²) in [7, 11) is 1.26. The minimum absolute atomic E-state index is 0.181. The molecule has 0 aliphatic heterocycles. The number of aryl methyl sites for hydroxylation is 2. The Bertz CT molecular complexity index is 892. The van der Waals surface area contributed by atoms with Crippen molar-refractivity contribution in [3.63, 3.8) is 0 Å². The first kappa shape index (κ1) is 21.3. The van der Waals surface area contributed by atoms with Crippen LogP contribution in [0.4, 0.5) is 0 Å². The number of benzene rings is 1. The molecule has 0 spiro atoms. The molecule has 0 fully saturated rings. The van der Waals surface area contributed by atoms with E-state index in [-0.39, 0.29) is 5.92 Å². The highest BCUT2D eigenvalue weighted by atomic mass is 16.5. The zero-order valence-corrected chi connectivity index (χ0v) is 16.9. The molecule has 0 bridgehead atoms. The third kappa shape index (κ3) is 5.06. The summed E-state index contributed by atoms with van der Waals surface area (Å²) < 4.78 is 9.89. The van der Waals surface area contributed by atoms with Crippen molar-refractivity contribution < 1.29 is 23.9 Å². The van der Waals surface area contributed by atoms with E-state index in [9.17, 15) is 14.4 Å². The fourth-order valence-corrected chi connectivity index (χ4v) is 3.10. The first-order valence-corrected chi connectivity index (χ1v) is 9.14. The topological polar surface area (TPSA) is 94.6 Å². The van der Waals surface area contributed by atoms with Crippen molar-refractivity contribution in [1.29, 1.82) is 0 Å². The smallest absolute Gasteiger partial charge is 0.340 e. The van der Waals surface area contributed by atoms with E-state index in [4.69, 9.17) is 9.47 Å². The maximum absolute atomic E-state index is 12.6. The normalized spacial score (nSPS) is 11.9. The lowest BCUT2D eigenvalue weighted by molar-refractivity contribution is -0.145. The number of amides is 1. The maximum Gasteiger partial charge on any atom is 0.340 e. The van der Waals surface area contributed by atoms with Crippen LogP contribution in [0.5, 0.6) is 0 Å². The van der Waals surface area contributed by atoms with Crippen molar-refractivity contribution in [1.82, 2.24) is 10.3 Å². The molecule has 2 rings (SSSR count). The van der Waals surface area contributed by atoms with Gasteiger partial charge in [-0.2, -0.15) is 0 Å². The number of esters is 2. The molecule has 1 unspecified atom stereocenters. The molecule has 1 amide bonds. The number of hydrogen-bond donors (Lipinski definition) is 1. The van der Waals surface area contributed by atoms with E-state index in [2.05, 4.69) is 10.3 Å². The van der Waals surface area contributed by atoms with Crippen molar-refractivity contribution >= 4 is 28.7 Å². The van der Waals surface area contributed by atoms with E-state index in [1.165, 1.54) is 7.11 Å². The summed E-state index contributed by atoms with van der Waals surface area (Å²) in [6.07, 6.45) is 0.430. The molecule has 0 aliphatic carbocycles. The van der Waals surface area contributed by atoms with Gasteiger partial charge in [0, 0.05) is 5.39 Å². The van der Waals surface area contributed by atoms with E-state index in [0.717, 1.165) is 16.5 Å². The fourth-order valence-electron chi connectivity index (χ4n) is 3.10. The second-order valence-electron chi connectivity index (χ2n) is 7.06. The van der Waals surface area contributed by atoms with Gasteiger partial charge in [-0.1, -0.05) is 32.0 Å². The van der Waals surface area contributed by atoms with Crippen LogP contribution in [-0.2, 0) is 19.1 Å². The molecule has 7 heteroatoms. The Labute approximate surface area is 164 Å². The van der Waals surface area contributed by atoms with Crippen molar-refractivity contribution in [2.24, 2.45) is 5.92 Å². The maximum atomic E-state index is 12.6. The van der Waals surface area contributed by atoms with Crippen molar-refractivity contribution in [3.8, 4) is 0 Å². The number of pyridine rings is 1. The Morgan fingerprint density at radius 2 is 1.82 bits per heavy atom. The van der Waals surface area contributed by atoms with Gasteiger partial charge in [-0.3, -0.25) is 9.78 Å². The lowest BCUT2D eigenvalue weighted by Crippen LogP contribution is -2.44. The third-order valence-electron chi connectivity index (χ3n) is 4.40. The Morgan fingerprint density at radius 3 is 2.46 bits per heavy atom. The van der Waals surface area contributed by atoms with Crippen LogP contribution in [-0.4, -0.2) is 42.6 Å². The molecule has 0 saturated heterocycles. The van der Waals surface area contributed by atoms with E-state index in [1.807, 2.05) is 45.0 Å². The number of carbonyl (C=O) groups is 3. The molecule has 2 aromatic rings. The quantitative estimate of drug-likeness (QED) is 0.735. The average molecular weight is 386 g/mol. The number of fused-ring (bicyclic) bond motifs is 1. The third-order valence-corrected chi connectivity index (χ3v) is 4.40. The van der Waals surface area contributed by atoms with Gasteiger partial charge in [0.25, 0.3) is 5.91 Å². The second-order valence-corrected chi connectivity index (χ2v) is 7.06. The second kappa shape index (κ2) is 9.30. The number of nitrogens with one attached hydrogen (secondary N) is 1. The van der Waals surface area contributed by atoms with E-state index < -0.39 is 30.5 Å². The molecule has 28 heavy (non-hydrogen) atoms. The molecule has 1 atom stereocenters. The van der Waals surface area contributed by atoms with Crippen LogP contribution in [0.3, 0.4) is 0 Å². The van der Waals surface area contributed by atoms with Crippen LogP contribution in [0.25, 0.3) is 10.9 Å². The minimum Gasteiger partial charge on any atom is -0.467 e. The summed E-state index contributed by atoms with van der Waals surface area (Å²) in [5.41, 5.74) is 2.43. The zero-order chi connectivity index (χ0) is 20.8. The summed E-state index contributed by atoms with van der Waals surface area (Å²) in [4.78, 5) is 41.0. The minimum atomic E-state index is -0.776. The Hall–Kier alpha value is -2.96. The standard InChI is InChI=1S/C21H26N2O5/c1-12(2)10-17(20(25)27-5)23-18(24)11-28-21(26)19-13(3)15-8-6-7-9-16(15)22-14(19)4/h6-9,12,17H,10-11H2,1-5H3,(H,23,24). The number of hydrogen-bond acceptors (Lipinski definition) is 6. The fraction of sp³-hybridized carbons (Fsp3) is 0.429. The highest BCUT2D eigenvalue weighted by Gasteiger charge is 2.24. The largest absolute Gasteiger partial charge is 0.467 e. The van der Waals surface area contributed by atoms with Gasteiger partial charge in [-0.05, 0) is 37.8 Å². The molecule has 1 aromatic heterocycles. The van der Waals surface area contributed by atoms with E-state index in [1.54, 1.807) is 6.92 Å². The van der Waals surface area contributed by atoms with Crippen LogP contribution in [0.1, 0.15) is 41.9 Å². The van der Waals surface area contributed by atoms with Crippen molar-refractivity contribution in [2.75, 3.05) is 13.7 Å². The molecule has 1 N–H and O–H groups in total. The number of aromatic nitrogens is 1. The molecule has 1 heterocycles. The lowest BCUT2D eigenvalue weighted by Gasteiger charge is -2.18. The molecule has 1 aromatic carbocycles. The first-order valence-electron chi connectivity index (χ1n) is 9.14. The van der Waals surface area contributed by atoms with Gasteiger partial charge < -0.3 is 14.8 Å². The number of methoxy groups -OCH3 is 1. The van der Waals surface area contributed by atoms with Crippen LogP contribution in [0.15, 0.2) is 24.3 Å². The Balaban J connectivity index is 2.08. The van der Waals surface area contributed by atoms with Crippen molar-refractivity contribution in [2.45, 2.75) is 40.2 Å². The van der Waals surface area contributed by atoms with Gasteiger partial charge in [0.2, 0.25) is 0 Å². The number of nitrogens with zero attached hydrogens (tertiary/aromatic N) is 1. The predicted octanol–water partition coefficient (Wildman–Crippen LogP) is 2.71. The van der Waals surface area contributed by atoms with Crippen molar-refractivity contribution in [3.05, 3.63) is 41.1 Å². The van der Waals surface area contributed by atoms with Gasteiger partial charge in [0.05, 0.1) is 23.9 Å². The molecule has 0 aliphatic rings. The van der Waals surface area contributed by atoms with Crippen LogP contribution < -0.4 is 5.32 Å². The van der Waals surface area contributed by atoms with Gasteiger partial charge in [0.1, 0.15) is 6.04 Å². The summed E-state index contributed by atoms with van der Waals surface area (Å²) in [5.74, 6) is -1.53. The van der Waals surface area contributed by atoms with Gasteiger partial charge in [-0.15, -0.1) is 0 Å². The van der Waals surface area contributed by atoms with Gasteiger partial charge in [0.15, 0.2) is 6.61 Å². The molecule has 0 saturated carbocycles.